The average Bonchev–Trinajstić information content (AvgIpc) is 3.23. The number of hydrogen-bond donors (Lipinski definition) is 1. The Morgan fingerprint density at radius 1 is 1.10 bits per heavy atom. The summed E-state index contributed by atoms with van der Waals surface area (Å²) in [5, 5.41) is 15.0. The third-order valence-corrected chi connectivity index (χ3v) is 9.18. The predicted molar refractivity (Wildman–Crippen MR) is 123 cm³/mol. The first-order valence-electron chi connectivity index (χ1n) is 10.4. The van der Waals surface area contributed by atoms with Crippen molar-refractivity contribution in [2.45, 2.75) is 44.9 Å². The largest absolute Gasteiger partial charge is 0.390 e. The van der Waals surface area contributed by atoms with E-state index in [-0.39, 0.29) is 12.3 Å². The molecular formula is C23H28N2O2SSi. The number of rotatable bonds is 9. The summed E-state index contributed by atoms with van der Waals surface area (Å²) >= 11 is 1.60. The summed E-state index contributed by atoms with van der Waals surface area (Å²) in [6.45, 7) is 3.17. The standard InChI is InChI=1S/C23H28N2O2SSi/c1-2-3-14-23(15-16-25(23)22-24-19(17-26)18-28-22)27-29(20-10-6-4-7-11-20)21-12-8-5-9-13-21/h4-13,18,26,29H,2-3,14-17H2,1H3. The van der Waals surface area contributed by atoms with Crippen molar-refractivity contribution in [2.24, 2.45) is 0 Å². The predicted octanol–water partition coefficient (Wildman–Crippen LogP) is 3.29. The van der Waals surface area contributed by atoms with Gasteiger partial charge in [-0.1, -0.05) is 74.0 Å². The van der Waals surface area contributed by atoms with Gasteiger partial charge in [-0.15, -0.1) is 11.3 Å². The second-order valence-electron chi connectivity index (χ2n) is 7.55. The van der Waals surface area contributed by atoms with Gasteiger partial charge < -0.3 is 14.4 Å². The number of anilines is 1. The molecule has 0 amide bonds. The van der Waals surface area contributed by atoms with Crippen molar-refractivity contribution < 1.29 is 9.53 Å². The summed E-state index contributed by atoms with van der Waals surface area (Å²) in [5.74, 6) is 0. The minimum Gasteiger partial charge on any atom is -0.390 e. The van der Waals surface area contributed by atoms with Crippen LogP contribution in [0.25, 0.3) is 0 Å². The van der Waals surface area contributed by atoms with Crippen molar-refractivity contribution in [3.8, 4) is 0 Å². The van der Waals surface area contributed by atoms with E-state index in [0.717, 1.165) is 43.1 Å². The highest BCUT2D eigenvalue weighted by Crippen LogP contribution is 2.42. The molecule has 1 aliphatic rings. The van der Waals surface area contributed by atoms with E-state index in [9.17, 15) is 5.11 Å². The molecule has 4 nitrogen and oxygen atoms in total. The fourth-order valence-corrected chi connectivity index (χ4v) is 7.46. The Morgan fingerprint density at radius 2 is 1.76 bits per heavy atom. The fourth-order valence-electron chi connectivity index (χ4n) is 3.93. The van der Waals surface area contributed by atoms with Gasteiger partial charge in [0, 0.05) is 18.3 Å². The van der Waals surface area contributed by atoms with Gasteiger partial charge in [-0.3, -0.25) is 0 Å². The van der Waals surface area contributed by atoms with Gasteiger partial charge in [0.25, 0.3) is 0 Å². The molecule has 1 unspecified atom stereocenters. The lowest BCUT2D eigenvalue weighted by molar-refractivity contribution is 0.00139. The van der Waals surface area contributed by atoms with Crippen molar-refractivity contribution in [2.75, 3.05) is 11.4 Å². The Balaban J connectivity index is 1.68. The van der Waals surface area contributed by atoms with Crippen LogP contribution in [0.1, 0.15) is 38.3 Å². The average molecular weight is 425 g/mol. The molecule has 1 N–H and O–H groups in total. The van der Waals surface area contributed by atoms with Gasteiger partial charge in [0.15, 0.2) is 5.13 Å². The van der Waals surface area contributed by atoms with Crippen LogP contribution in [0.15, 0.2) is 66.0 Å². The minimum absolute atomic E-state index is 0.0153. The molecule has 3 aromatic rings. The van der Waals surface area contributed by atoms with Crippen molar-refractivity contribution in [3.63, 3.8) is 0 Å². The lowest BCUT2D eigenvalue weighted by atomic mass is 9.93. The van der Waals surface area contributed by atoms with Crippen LogP contribution < -0.4 is 15.3 Å². The summed E-state index contributed by atoms with van der Waals surface area (Å²) in [6.07, 6.45) is 4.28. The molecule has 0 bridgehead atoms. The smallest absolute Gasteiger partial charge is 0.243 e. The van der Waals surface area contributed by atoms with Crippen molar-refractivity contribution in [3.05, 3.63) is 71.7 Å². The van der Waals surface area contributed by atoms with Gasteiger partial charge >= 0.3 is 0 Å². The first-order chi connectivity index (χ1) is 14.3. The van der Waals surface area contributed by atoms with E-state index < -0.39 is 9.04 Å². The summed E-state index contributed by atoms with van der Waals surface area (Å²) in [7, 11) is -1.86. The SMILES string of the molecule is CCCCC1(O[SiH](c2ccccc2)c2ccccc2)CCN1c1nc(CO)cs1. The van der Waals surface area contributed by atoms with Gasteiger partial charge in [0.2, 0.25) is 9.04 Å². The molecule has 1 fully saturated rings. The zero-order valence-electron chi connectivity index (χ0n) is 16.8. The third kappa shape index (κ3) is 4.30. The topological polar surface area (TPSA) is 45.6 Å². The highest BCUT2D eigenvalue weighted by molar-refractivity contribution is 7.13. The lowest BCUT2D eigenvalue weighted by Gasteiger charge is -2.54. The van der Waals surface area contributed by atoms with E-state index in [2.05, 4.69) is 77.5 Å². The van der Waals surface area contributed by atoms with E-state index in [1.807, 2.05) is 5.38 Å². The van der Waals surface area contributed by atoms with Gasteiger partial charge in [0.05, 0.1) is 12.3 Å². The maximum absolute atomic E-state index is 9.44. The minimum atomic E-state index is -1.86. The molecule has 0 spiro atoms. The number of hydrogen-bond acceptors (Lipinski definition) is 5. The molecule has 29 heavy (non-hydrogen) atoms. The first-order valence-corrected chi connectivity index (χ1v) is 12.9. The molecule has 4 rings (SSSR count). The fraction of sp³-hybridized carbons (Fsp3) is 0.348. The molecule has 2 heterocycles. The van der Waals surface area contributed by atoms with E-state index >= 15 is 0 Å². The van der Waals surface area contributed by atoms with Crippen molar-refractivity contribution >= 4 is 35.9 Å². The maximum atomic E-state index is 9.44. The van der Waals surface area contributed by atoms with Crippen LogP contribution in [-0.4, -0.2) is 31.4 Å². The number of aromatic nitrogens is 1. The summed E-state index contributed by atoms with van der Waals surface area (Å²) in [6, 6.07) is 21.4. The normalized spacial score (nSPS) is 18.8. The van der Waals surface area contributed by atoms with Crippen LogP contribution in [-0.2, 0) is 11.0 Å². The molecule has 0 aliphatic carbocycles. The molecule has 1 aromatic heterocycles. The van der Waals surface area contributed by atoms with E-state index in [1.165, 1.54) is 10.4 Å². The monoisotopic (exact) mass is 424 g/mol. The van der Waals surface area contributed by atoms with E-state index in [1.54, 1.807) is 11.3 Å². The third-order valence-electron chi connectivity index (χ3n) is 5.61. The summed E-state index contributed by atoms with van der Waals surface area (Å²) in [4.78, 5) is 6.97. The highest BCUT2D eigenvalue weighted by Gasteiger charge is 2.48. The molecule has 1 aliphatic heterocycles. The Bertz CT molecular complexity index is 866. The first kappa shape index (κ1) is 20.3. The zero-order valence-corrected chi connectivity index (χ0v) is 18.8. The van der Waals surface area contributed by atoms with Crippen LogP contribution in [0.5, 0.6) is 0 Å². The molecule has 6 heteroatoms. The van der Waals surface area contributed by atoms with E-state index in [4.69, 9.17) is 4.43 Å². The highest BCUT2D eigenvalue weighted by atomic mass is 32.1. The second-order valence-corrected chi connectivity index (χ2v) is 10.7. The molecule has 2 aromatic carbocycles. The number of thiazole rings is 1. The summed E-state index contributed by atoms with van der Waals surface area (Å²) < 4.78 is 7.13. The van der Waals surface area contributed by atoms with Crippen LogP contribution in [0.4, 0.5) is 5.13 Å². The van der Waals surface area contributed by atoms with Gasteiger partial charge in [0.1, 0.15) is 5.72 Å². The Hall–Kier alpha value is -1.99. The molecule has 0 saturated carbocycles. The second kappa shape index (κ2) is 9.22. The Kier molecular flexibility index (Phi) is 6.45. The molecule has 0 radical (unpaired) electrons. The number of nitrogens with zero attached hydrogens (tertiary/aromatic N) is 2. The van der Waals surface area contributed by atoms with Gasteiger partial charge in [-0.2, -0.15) is 0 Å². The van der Waals surface area contributed by atoms with Gasteiger partial charge in [-0.05, 0) is 23.2 Å². The molecule has 1 atom stereocenters. The van der Waals surface area contributed by atoms with E-state index in [0.29, 0.717) is 0 Å². The van der Waals surface area contributed by atoms with Crippen molar-refractivity contribution in [1.82, 2.24) is 4.98 Å². The molecule has 1 saturated heterocycles. The number of aliphatic hydroxyl groups is 1. The van der Waals surface area contributed by atoms with Crippen LogP contribution >= 0.6 is 11.3 Å². The maximum Gasteiger partial charge on any atom is 0.243 e. The van der Waals surface area contributed by atoms with Gasteiger partial charge in [-0.25, -0.2) is 4.98 Å². The quantitative estimate of drug-likeness (QED) is 0.536. The number of benzene rings is 2. The van der Waals surface area contributed by atoms with Crippen LogP contribution in [0, 0.1) is 0 Å². The zero-order chi connectivity index (χ0) is 20.1. The summed E-state index contributed by atoms with van der Waals surface area (Å²) in [5.41, 5.74) is 0.435. The number of unbranched alkanes of at least 4 members (excludes halogenated alkanes) is 1. The Labute approximate surface area is 178 Å². The molecular weight excluding hydrogens is 396 g/mol. The lowest BCUT2D eigenvalue weighted by Crippen LogP contribution is -2.66. The Morgan fingerprint density at radius 3 is 2.24 bits per heavy atom. The van der Waals surface area contributed by atoms with Crippen LogP contribution in [0.3, 0.4) is 0 Å². The number of aliphatic hydroxyl groups excluding tert-OH is 1. The molecule has 152 valence electrons. The van der Waals surface area contributed by atoms with Crippen molar-refractivity contribution in [1.29, 1.82) is 0 Å². The van der Waals surface area contributed by atoms with Crippen LogP contribution in [0.2, 0.25) is 0 Å².